The SMILES string of the molecule is O=C(NCc1c[nH]c(=O)c2ccccc12)N1CC2(CC=CC2)C1c1ccccc1. The van der Waals surface area contributed by atoms with E-state index in [4.69, 9.17) is 0 Å². The molecule has 1 aromatic heterocycles. The second-order valence-electron chi connectivity index (χ2n) is 8.03. The number of allylic oxidation sites excluding steroid dienone is 2. The molecule has 1 saturated heterocycles. The van der Waals surface area contributed by atoms with Crippen molar-refractivity contribution in [2.45, 2.75) is 25.4 Å². The van der Waals surface area contributed by atoms with E-state index in [1.165, 1.54) is 5.56 Å². The van der Waals surface area contributed by atoms with Crippen molar-refractivity contribution in [2.24, 2.45) is 5.41 Å². The normalized spacial score (nSPS) is 19.4. The summed E-state index contributed by atoms with van der Waals surface area (Å²) in [7, 11) is 0. The summed E-state index contributed by atoms with van der Waals surface area (Å²) in [6.07, 6.45) is 8.19. The Morgan fingerprint density at radius 1 is 1.03 bits per heavy atom. The van der Waals surface area contributed by atoms with Gasteiger partial charge in [0.15, 0.2) is 0 Å². The molecule has 1 aliphatic heterocycles. The van der Waals surface area contributed by atoms with Gasteiger partial charge in [-0.1, -0.05) is 60.7 Å². The Balaban J connectivity index is 1.36. The first-order valence-electron chi connectivity index (χ1n) is 10.0. The zero-order valence-corrected chi connectivity index (χ0v) is 16.1. The number of nitrogens with zero attached hydrogens (tertiary/aromatic N) is 1. The second kappa shape index (κ2) is 6.92. The standard InChI is InChI=1S/C24H23N3O2/c28-22-20-11-5-4-10-19(20)18(14-25-22)15-26-23(29)27-16-24(12-6-7-13-24)21(27)17-8-2-1-3-9-17/h1-11,14,21H,12-13,15-16H2,(H,25,28)(H,26,29). The molecule has 146 valence electrons. The molecule has 1 spiro atoms. The average molecular weight is 385 g/mol. The number of pyridine rings is 1. The molecule has 3 aromatic rings. The van der Waals surface area contributed by atoms with Crippen molar-refractivity contribution in [1.29, 1.82) is 0 Å². The summed E-state index contributed by atoms with van der Waals surface area (Å²) in [5.41, 5.74) is 2.11. The summed E-state index contributed by atoms with van der Waals surface area (Å²) >= 11 is 0. The highest BCUT2D eigenvalue weighted by Crippen LogP contribution is 2.55. The topological polar surface area (TPSA) is 65.2 Å². The number of H-pyrrole nitrogens is 1. The number of hydrogen-bond donors (Lipinski definition) is 2. The van der Waals surface area contributed by atoms with Crippen LogP contribution in [0.3, 0.4) is 0 Å². The molecule has 1 atom stereocenters. The van der Waals surface area contributed by atoms with E-state index in [0.717, 1.165) is 30.3 Å². The molecule has 0 radical (unpaired) electrons. The first-order valence-corrected chi connectivity index (χ1v) is 10.0. The van der Waals surface area contributed by atoms with Crippen molar-refractivity contribution in [3.05, 3.63) is 94.4 Å². The van der Waals surface area contributed by atoms with Crippen molar-refractivity contribution in [3.63, 3.8) is 0 Å². The van der Waals surface area contributed by atoms with E-state index in [0.29, 0.717) is 11.9 Å². The van der Waals surface area contributed by atoms with Crippen LogP contribution in [-0.2, 0) is 6.54 Å². The summed E-state index contributed by atoms with van der Waals surface area (Å²) in [4.78, 5) is 29.8. The summed E-state index contributed by atoms with van der Waals surface area (Å²) in [6, 6.07) is 17.8. The molecule has 1 fully saturated rings. The lowest BCUT2D eigenvalue weighted by Gasteiger charge is -2.56. The van der Waals surface area contributed by atoms with Gasteiger partial charge in [0.2, 0.25) is 0 Å². The van der Waals surface area contributed by atoms with E-state index < -0.39 is 0 Å². The molecule has 0 bridgehead atoms. The van der Waals surface area contributed by atoms with E-state index in [-0.39, 0.29) is 23.0 Å². The Morgan fingerprint density at radius 3 is 2.48 bits per heavy atom. The number of fused-ring (bicyclic) bond motifs is 1. The van der Waals surface area contributed by atoms with Crippen LogP contribution in [0.4, 0.5) is 4.79 Å². The number of likely N-dealkylation sites (tertiary alicyclic amines) is 1. The number of aromatic nitrogens is 1. The molecular formula is C24H23N3O2. The monoisotopic (exact) mass is 385 g/mol. The summed E-state index contributed by atoms with van der Waals surface area (Å²) < 4.78 is 0. The highest BCUT2D eigenvalue weighted by Gasteiger charge is 2.54. The smallest absolute Gasteiger partial charge is 0.318 e. The maximum absolute atomic E-state index is 13.0. The lowest BCUT2D eigenvalue weighted by atomic mass is 9.67. The largest absolute Gasteiger partial charge is 0.334 e. The van der Waals surface area contributed by atoms with E-state index in [1.54, 1.807) is 12.3 Å². The molecule has 2 amide bonds. The molecule has 2 N–H and O–H groups in total. The van der Waals surface area contributed by atoms with Gasteiger partial charge in [-0.05, 0) is 35.4 Å². The van der Waals surface area contributed by atoms with Crippen LogP contribution in [0.2, 0.25) is 0 Å². The van der Waals surface area contributed by atoms with Crippen LogP contribution in [0.15, 0.2) is 77.7 Å². The van der Waals surface area contributed by atoms with Gasteiger partial charge in [-0.25, -0.2) is 4.79 Å². The number of carbonyl (C=O) groups excluding carboxylic acids is 1. The maximum Gasteiger partial charge on any atom is 0.318 e. The number of hydrogen-bond acceptors (Lipinski definition) is 2. The number of urea groups is 1. The predicted octanol–water partition coefficient (Wildman–Crippen LogP) is 4.13. The lowest BCUT2D eigenvalue weighted by Crippen LogP contribution is -2.61. The minimum Gasteiger partial charge on any atom is -0.334 e. The molecule has 5 heteroatoms. The van der Waals surface area contributed by atoms with Crippen LogP contribution < -0.4 is 10.9 Å². The third-order valence-electron chi connectivity index (χ3n) is 6.29. The van der Waals surface area contributed by atoms with Crippen LogP contribution in [0.25, 0.3) is 10.8 Å². The van der Waals surface area contributed by atoms with Crippen LogP contribution >= 0.6 is 0 Å². The van der Waals surface area contributed by atoms with Crippen molar-refractivity contribution in [2.75, 3.05) is 6.54 Å². The van der Waals surface area contributed by atoms with Gasteiger partial charge in [0, 0.05) is 30.1 Å². The molecule has 1 unspecified atom stereocenters. The van der Waals surface area contributed by atoms with Crippen molar-refractivity contribution in [1.82, 2.24) is 15.2 Å². The number of rotatable bonds is 3. The quantitative estimate of drug-likeness (QED) is 0.666. The molecule has 5 nitrogen and oxygen atoms in total. The highest BCUT2D eigenvalue weighted by atomic mass is 16.2. The number of carbonyl (C=O) groups is 1. The summed E-state index contributed by atoms with van der Waals surface area (Å²) in [6.45, 7) is 1.14. The molecule has 29 heavy (non-hydrogen) atoms. The lowest BCUT2D eigenvalue weighted by molar-refractivity contribution is -0.0352. The van der Waals surface area contributed by atoms with Gasteiger partial charge >= 0.3 is 6.03 Å². The number of nitrogens with one attached hydrogen (secondary N) is 2. The second-order valence-corrected chi connectivity index (χ2v) is 8.03. The molecule has 5 rings (SSSR count). The molecule has 2 heterocycles. The van der Waals surface area contributed by atoms with E-state index in [1.807, 2.05) is 41.3 Å². The summed E-state index contributed by atoms with van der Waals surface area (Å²) in [5.74, 6) is 0. The van der Waals surface area contributed by atoms with Crippen LogP contribution in [0, 0.1) is 5.41 Å². The fourth-order valence-corrected chi connectivity index (χ4v) is 4.85. The van der Waals surface area contributed by atoms with Gasteiger partial charge < -0.3 is 15.2 Å². The number of benzene rings is 2. The predicted molar refractivity (Wildman–Crippen MR) is 114 cm³/mol. The maximum atomic E-state index is 13.0. The Bertz CT molecular complexity index is 1140. The van der Waals surface area contributed by atoms with Crippen LogP contribution in [0.1, 0.15) is 30.0 Å². The third kappa shape index (κ3) is 2.94. The summed E-state index contributed by atoms with van der Waals surface area (Å²) in [5, 5.41) is 4.57. The zero-order chi connectivity index (χ0) is 19.8. The van der Waals surface area contributed by atoms with Crippen LogP contribution in [-0.4, -0.2) is 22.5 Å². The van der Waals surface area contributed by atoms with Gasteiger partial charge in [-0.3, -0.25) is 4.79 Å². The fraction of sp³-hybridized carbons (Fsp3) is 0.250. The van der Waals surface area contributed by atoms with Crippen molar-refractivity contribution < 1.29 is 4.79 Å². The number of aromatic amines is 1. The Morgan fingerprint density at radius 2 is 1.72 bits per heavy atom. The first-order chi connectivity index (χ1) is 14.2. The van der Waals surface area contributed by atoms with Gasteiger partial charge in [-0.2, -0.15) is 0 Å². The third-order valence-corrected chi connectivity index (χ3v) is 6.29. The zero-order valence-electron chi connectivity index (χ0n) is 16.1. The van der Waals surface area contributed by atoms with Gasteiger partial charge in [0.25, 0.3) is 5.56 Å². The average Bonchev–Trinajstić information content (AvgIpc) is 3.24. The fourth-order valence-electron chi connectivity index (χ4n) is 4.85. The van der Waals surface area contributed by atoms with Gasteiger partial charge in [0.05, 0.1) is 6.04 Å². The van der Waals surface area contributed by atoms with Gasteiger partial charge in [-0.15, -0.1) is 0 Å². The van der Waals surface area contributed by atoms with Crippen molar-refractivity contribution in [3.8, 4) is 0 Å². The minimum absolute atomic E-state index is 0.0633. The highest BCUT2D eigenvalue weighted by molar-refractivity contribution is 5.85. The number of amides is 2. The minimum atomic E-state index is -0.113. The van der Waals surface area contributed by atoms with Crippen molar-refractivity contribution >= 4 is 16.8 Å². The molecule has 2 aromatic carbocycles. The molecular weight excluding hydrogens is 362 g/mol. The first kappa shape index (κ1) is 17.7. The van der Waals surface area contributed by atoms with E-state index in [2.05, 4.69) is 34.6 Å². The Labute approximate surface area is 169 Å². The molecule has 2 aliphatic rings. The van der Waals surface area contributed by atoms with E-state index in [9.17, 15) is 9.59 Å². The van der Waals surface area contributed by atoms with Gasteiger partial charge in [0.1, 0.15) is 0 Å². The Hall–Kier alpha value is -3.34. The Kier molecular flexibility index (Phi) is 4.23. The van der Waals surface area contributed by atoms with E-state index >= 15 is 0 Å². The van der Waals surface area contributed by atoms with Crippen LogP contribution in [0.5, 0.6) is 0 Å². The molecule has 0 saturated carbocycles. The molecule has 1 aliphatic carbocycles.